The first-order chi connectivity index (χ1) is 9.41. The van der Waals surface area contributed by atoms with Gasteiger partial charge in [-0.05, 0) is 23.3 Å². The topological polar surface area (TPSA) is 49.4 Å². The van der Waals surface area contributed by atoms with Crippen molar-refractivity contribution in [2.24, 2.45) is 11.8 Å². The van der Waals surface area contributed by atoms with Crippen LogP contribution in [0, 0.1) is 11.8 Å². The molecule has 2 rings (SSSR count). The molecule has 1 fully saturated rings. The van der Waals surface area contributed by atoms with Crippen molar-refractivity contribution < 1.29 is 9.59 Å². The molecule has 2 amide bonds. The predicted molar refractivity (Wildman–Crippen MR) is 80.3 cm³/mol. The maximum Gasteiger partial charge on any atom is 0.246 e. The Labute approximate surface area is 124 Å². The first kappa shape index (κ1) is 15.0. The lowest BCUT2D eigenvalue weighted by Crippen LogP contribution is -2.65. The van der Waals surface area contributed by atoms with Crippen LogP contribution in [-0.4, -0.2) is 28.8 Å². The number of carbonyl (C=O) groups is 2. The molecule has 5 heteroatoms. The van der Waals surface area contributed by atoms with E-state index in [-0.39, 0.29) is 29.7 Å². The Morgan fingerprint density at radius 3 is 2.45 bits per heavy atom. The number of nitrogens with zero attached hydrogens (tertiary/aromatic N) is 1. The summed E-state index contributed by atoms with van der Waals surface area (Å²) in [5.74, 6) is 0.207. The Kier molecular flexibility index (Phi) is 4.48. The van der Waals surface area contributed by atoms with Crippen molar-refractivity contribution in [1.29, 1.82) is 0 Å². The molecule has 0 saturated carbocycles. The molecule has 0 radical (unpaired) electrons. The van der Waals surface area contributed by atoms with Crippen LogP contribution in [0.1, 0.15) is 32.6 Å². The largest absolute Gasteiger partial charge is 0.342 e. The number of carbonyl (C=O) groups excluding carboxylic acids is 2. The van der Waals surface area contributed by atoms with Crippen molar-refractivity contribution in [2.45, 2.75) is 46.3 Å². The molecule has 0 aliphatic carbocycles. The van der Waals surface area contributed by atoms with Crippen LogP contribution in [0.2, 0.25) is 0 Å². The SMILES string of the molecule is CC(C)C1NC(=O)C(C(C)C)N(Cc2cccs2)C1=O. The van der Waals surface area contributed by atoms with E-state index in [1.807, 2.05) is 45.2 Å². The van der Waals surface area contributed by atoms with Crippen LogP contribution in [0.5, 0.6) is 0 Å². The summed E-state index contributed by atoms with van der Waals surface area (Å²) in [6.45, 7) is 8.41. The third-order valence-corrected chi connectivity index (χ3v) is 4.52. The van der Waals surface area contributed by atoms with Gasteiger partial charge in [0.2, 0.25) is 11.8 Å². The molecule has 4 nitrogen and oxygen atoms in total. The predicted octanol–water partition coefficient (Wildman–Crippen LogP) is 2.26. The Morgan fingerprint density at radius 2 is 1.95 bits per heavy atom. The molecule has 2 heterocycles. The lowest BCUT2D eigenvalue weighted by atomic mass is 9.93. The first-order valence-corrected chi connectivity index (χ1v) is 7.93. The molecule has 1 N–H and O–H groups in total. The summed E-state index contributed by atoms with van der Waals surface area (Å²) in [5.41, 5.74) is 0. The number of hydrogen-bond acceptors (Lipinski definition) is 3. The van der Waals surface area contributed by atoms with E-state index < -0.39 is 6.04 Å². The molecule has 1 aromatic heterocycles. The number of piperazine rings is 1. The van der Waals surface area contributed by atoms with Crippen LogP contribution in [-0.2, 0) is 16.1 Å². The Bertz CT molecular complexity index is 482. The molecule has 2 unspecified atom stereocenters. The Hall–Kier alpha value is -1.36. The molecule has 20 heavy (non-hydrogen) atoms. The highest BCUT2D eigenvalue weighted by Gasteiger charge is 2.42. The van der Waals surface area contributed by atoms with Gasteiger partial charge in [-0.1, -0.05) is 33.8 Å². The second-order valence-electron chi connectivity index (χ2n) is 5.96. The van der Waals surface area contributed by atoms with Crippen molar-refractivity contribution in [3.63, 3.8) is 0 Å². The first-order valence-electron chi connectivity index (χ1n) is 7.05. The highest BCUT2D eigenvalue weighted by molar-refractivity contribution is 7.09. The van der Waals surface area contributed by atoms with Crippen molar-refractivity contribution in [3.05, 3.63) is 22.4 Å². The van der Waals surface area contributed by atoms with E-state index in [4.69, 9.17) is 0 Å². The van der Waals surface area contributed by atoms with E-state index in [1.54, 1.807) is 16.2 Å². The minimum Gasteiger partial charge on any atom is -0.342 e. The molecule has 1 aliphatic heterocycles. The second kappa shape index (κ2) is 5.95. The van der Waals surface area contributed by atoms with Gasteiger partial charge in [-0.25, -0.2) is 0 Å². The van der Waals surface area contributed by atoms with Gasteiger partial charge < -0.3 is 10.2 Å². The van der Waals surface area contributed by atoms with Crippen LogP contribution >= 0.6 is 11.3 Å². The van der Waals surface area contributed by atoms with E-state index in [0.29, 0.717) is 6.54 Å². The summed E-state index contributed by atoms with van der Waals surface area (Å²) in [5, 5.41) is 4.87. The standard InChI is InChI=1S/C15H22N2O2S/c1-9(2)12-15(19)17(8-11-6-5-7-20-11)13(10(3)4)14(18)16-12/h5-7,9-10,12-13H,8H2,1-4H3,(H,16,18). The van der Waals surface area contributed by atoms with Gasteiger partial charge in [0.05, 0.1) is 6.54 Å². The molecule has 1 aromatic rings. The molecule has 0 bridgehead atoms. The molecule has 1 aliphatic rings. The van der Waals surface area contributed by atoms with Crippen LogP contribution < -0.4 is 5.32 Å². The number of nitrogens with one attached hydrogen (secondary N) is 1. The van der Waals surface area contributed by atoms with Crippen molar-refractivity contribution in [2.75, 3.05) is 0 Å². The average Bonchev–Trinajstić information content (AvgIpc) is 2.85. The fourth-order valence-corrected chi connectivity index (χ4v) is 3.32. The smallest absolute Gasteiger partial charge is 0.246 e. The van der Waals surface area contributed by atoms with Gasteiger partial charge in [0, 0.05) is 4.88 Å². The van der Waals surface area contributed by atoms with E-state index in [1.165, 1.54) is 0 Å². The number of rotatable bonds is 4. The quantitative estimate of drug-likeness (QED) is 0.926. The third kappa shape index (κ3) is 2.87. The maximum atomic E-state index is 12.7. The van der Waals surface area contributed by atoms with Crippen LogP contribution in [0.3, 0.4) is 0 Å². The van der Waals surface area contributed by atoms with Gasteiger partial charge in [0.15, 0.2) is 0 Å². The van der Waals surface area contributed by atoms with Crippen molar-refractivity contribution in [3.8, 4) is 0 Å². The van der Waals surface area contributed by atoms with Crippen LogP contribution in [0.4, 0.5) is 0 Å². The summed E-state index contributed by atoms with van der Waals surface area (Å²) in [6.07, 6.45) is 0. The van der Waals surface area contributed by atoms with Crippen molar-refractivity contribution in [1.82, 2.24) is 10.2 Å². The van der Waals surface area contributed by atoms with E-state index >= 15 is 0 Å². The lowest BCUT2D eigenvalue weighted by molar-refractivity contribution is -0.153. The summed E-state index contributed by atoms with van der Waals surface area (Å²) in [7, 11) is 0. The monoisotopic (exact) mass is 294 g/mol. The zero-order chi connectivity index (χ0) is 14.9. The molecule has 1 saturated heterocycles. The fraction of sp³-hybridized carbons (Fsp3) is 0.600. The average molecular weight is 294 g/mol. The second-order valence-corrected chi connectivity index (χ2v) is 7.00. The molecule has 110 valence electrons. The van der Waals surface area contributed by atoms with Crippen LogP contribution in [0.15, 0.2) is 17.5 Å². The van der Waals surface area contributed by atoms with Gasteiger partial charge in [-0.3, -0.25) is 9.59 Å². The maximum absolute atomic E-state index is 12.7. The van der Waals surface area contributed by atoms with Gasteiger partial charge in [0.1, 0.15) is 12.1 Å². The Balaban J connectivity index is 2.28. The molecular weight excluding hydrogens is 272 g/mol. The van der Waals surface area contributed by atoms with Gasteiger partial charge in [-0.15, -0.1) is 11.3 Å². The van der Waals surface area contributed by atoms with Gasteiger partial charge >= 0.3 is 0 Å². The van der Waals surface area contributed by atoms with E-state index in [9.17, 15) is 9.59 Å². The summed E-state index contributed by atoms with van der Waals surface area (Å²) in [4.78, 5) is 27.9. The fourth-order valence-electron chi connectivity index (χ4n) is 2.62. The van der Waals surface area contributed by atoms with Crippen molar-refractivity contribution >= 4 is 23.2 Å². The van der Waals surface area contributed by atoms with E-state index in [0.717, 1.165) is 4.88 Å². The van der Waals surface area contributed by atoms with Crippen LogP contribution in [0.25, 0.3) is 0 Å². The molecule has 2 atom stereocenters. The zero-order valence-electron chi connectivity index (χ0n) is 12.4. The number of amides is 2. The van der Waals surface area contributed by atoms with Gasteiger partial charge in [-0.2, -0.15) is 0 Å². The number of hydrogen-bond donors (Lipinski definition) is 1. The minimum absolute atomic E-state index is 0.0325. The Morgan fingerprint density at radius 1 is 1.25 bits per heavy atom. The lowest BCUT2D eigenvalue weighted by Gasteiger charge is -2.41. The highest BCUT2D eigenvalue weighted by atomic mass is 32.1. The highest BCUT2D eigenvalue weighted by Crippen LogP contribution is 2.24. The number of thiophene rings is 1. The van der Waals surface area contributed by atoms with Gasteiger partial charge in [0.25, 0.3) is 0 Å². The minimum atomic E-state index is -0.405. The zero-order valence-corrected chi connectivity index (χ0v) is 13.2. The summed E-state index contributed by atoms with van der Waals surface area (Å²) >= 11 is 1.62. The molecule has 0 aromatic carbocycles. The van der Waals surface area contributed by atoms with E-state index in [2.05, 4.69) is 5.32 Å². The normalized spacial score (nSPS) is 23.6. The third-order valence-electron chi connectivity index (χ3n) is 3.66. The molecular formula is C15H22N2O2S. The summed E-state index contributed by atoms with van der Waals surface area (Å²) in [6, 6.07) is 3.20. The summed E-state index contributed by atoms with van der Waals surface area (Å²) < 4.78 is 0. The molecule has 0 spiro atoms.